The number of carbonyl (C=O) groups excluding carboxylic acids is 2. The fourth-order valence-electron chi connectivity index (χ4n) is 2.01. The molecule has 0 saturated heterocycles. The van der Waals surface area contributed by atoms with Crippen LogP contribution in [0.2, 0.25) is 0 Å². The molecular formula is C18H19NO4. The van der Waals surface area contributed by atoms with Gasteiger partial charge in [0.15, 0.2) is 6.61 Å². The number of amides is 1. The number of nitrogens with zero attached hydrogens (tertiary/aromatic N) is 1. The third-order valence-electron chi connectivity index (χ3n) is 3.37. The fraction of sp³-hybridized carbons (Fsp3) is 0.222. The highest BCUT2D eigenvalue weighted by Crippen LogP contribution is 2.12. The molecule has 0 radical (unpaired) electrons. The lowest BCUT2D eigenvalue weighted by molar-refractivity contribution is -0.133. The predicted molar refractivity (Wildman–Crippen MR) is 86.0 cm³/mol. The largest absolute Gasteiger partial charge is 0.508 e. The second-order valence-corrected chi connectivity index (χ2v) is 5.36. The van der Waals surface area contributed by atoms with E-state index in [4.69, 9.17) is 4.74 Å². The molecule has 23 heavy (non-hydrogen) atoms. The summed E-state index contributed by atoms with van der Waals surface area (Å²) in [4.78, 5) is 25.3. The van der Waals surface area contributed by atoms with Crippen molar-refractivity contribution in [1.29, 1.82) is 0 Å². The topological polar surface area (TPSA) is 66.8 Å². The molecule has 120 valence electrons. The molecule has 1 N–H and O–H groups in total. The maximum Gasteiger partial charge on any atom is 0.338 e. The van der Waals surface area contributed by atoms with Crippen molar-refractivity contribution in [2.75, 3.05) is 13.7 Å². The van der Waals surface area contributed by atoms with Gasteiger partial charge in [0.05, 0.1) is 5.56 Å². The molecule has 0 heterocycles. The van der Waals surface area contributed by atoms with Crippen molar-refractivity contribution in [1.82, 2.24) is 4.90 Å². The van der Waals surface area contributed by atoms with Gasteiger partial charge in [0.25, 0.3) is 5.91 Å². The van der Waals surface area contributed by atoms with Crippen LogP contribution in [-0.2, 0) is 16.1 Å². The van der Waals surface area contributed by atoms with E-state index >= 15 is 0 Å². The van der Waals surface area contributed by atoms with Crippen LogP contribution < -0.4 is 0 Å². The Bertz CT molecular complexity index is 694. The van der Waals surface area contributed by atoms with Gasteiger partial charge in [-0.2, -0.15) is 0 Å². The lowest BCUT2D eigenvalue weighted by Gasteiger charge is -2.17. The maximum absolute atomic E-state index is 12.0. The number of hydrogen-bond donors (Lipinski definition) is 1. The average Bonchev–Trinajstić information content (AvgIpc) is 2.54. The van der Waals surface area contributed by atoms with E-state index in [9.17, 15) is 14.7 Å². The van der Waals surface area contributed by atoms with Crippen LogP contribution in [0.25, 0.3) is 0 Å². The zero-order valence-corrected chi connectivity index (χ0v) is 13.2. The van der Waals surface area contributed by atoms with Gasteiger partial charge < -0.3 is 14.7 Å². The summed E-state index contributed by atoms with van der Waals surface area (Å²) in [6.45, 7) is 2.11. The third-order valence-corrected chi connectivity index (χ3v) is 3.37. The zero-order valence-electron chi connectivity index (χ0n) is 13.2. The van der Waals surface area contributed by atoms with Crippen LogP contribution in [0.3, 0.4) is 0 Å². The molecule has 0 saturated carbocycles. The Balaban J connectivity index is 1.86. The zero-order chi connectivity index (χ0) is 16.8. The van der Waals surface area contributed by atoms with Crippen LogP contribution in [-0.4, -0.2) is 35.5 Å². The van der Waals surface area contributed by atoms with Crippen LogP contribution in [0.4, 0.5) is 0 Å². The summed E-state index contributed by atoms with van der Waals surface area (Å²) >= 11 is 0. The molecule has 0 fully saturated rings. The molecule has 0 spiro atoms. The minimum Gasteiger partial charge on any atom is -0.508 e. The molecule has 2 aromatic rings. The highest BCUT2D eigenvalue weighted by atomic mass is 16.5. The quantitative estimate of drug-likeness (QED) is 0.861. The Kier molecular flexibility index (Phi) is 5.36. The number of esters is 1. The smallest absolute Gasteiger partial charge is 0.338 e. The monoisotopic (exact) mass is 313 g/mol. The molecule has 0 aromatic heterocycles. The van der Waals surface area contributed by atoms with Crippen LogP contribution in [0.5, 0.6) is 5.75 Å². The Hall–Kier alpha value is -2.82. The molecule has 2 rings (SSSR count). The van der Waals surface area contributed by atoms with E-state index < -0.39 is 5.97 Å². The van der Waals surface area contributed by atoms with E-state index in [-0.39, 0.29) is 23.8 Å². The Labute approximate surface area is 135 Å². The first-order chi connectivity index (χ1) is 11.0. The number of benzene rings is 2. The van der Waals surface area contributed by atoms with Crippen LogP contribution in [0.1, 0.15) is 21.5 Å². The number of phenols is 1. The average molecular weight is 313 g/mol. The minimum absolute atomic E-state index is 0.0257. The van der Waals surface area contributed by atoms with E-state index in [2.05, 4.69) is 0 Å². The van der Waals surface area contributed by atoms with Crippen molar-refractivity contribution in [2.45, 2.75) is 13.5 Å². The Morgan fingerprint density at radius 3 is 2.48 bits per heavy atom. The van der Waals surface area contributed by atoms with Gasteiger partial charge in [-0.15, -0.1) is 0 Å². The molecule has 0 aliphatic heterocycles. The van der Waals surface area contributed by atoms with Gasteiger partial charge in [0.1, 0.15) is 5.75 Å². The summed E-state index contributed by atoms with van der Waals surface area (Å²) < 4.78 is 4.98. The van der Waals surface area contributed by atoms with Gasteiger partial charge in [-0.05, 0) is 30.7 Å². The summed E-state index contributed by atoms with van der Waals surface area (Å²) in [5.41, 5.74) is 2.37. The third kappa shape index (κ3) is 4.85. The highest BCUT2D eigenvalue weighted by molar-refractivity contribution is 5.91. The summed E-state index contributed by atoms with van der Waals surface area (Å²) in [6, 6.07) is 13.7. The van der Waals surface area contributed by atoms with Gasteiger partial charge in [-0.1, -0.05) is 35.9 Å². The van der Waals surface area contributed by atoms with Gasteiger partial charge in [-0.3, -0.25) is 4.79 Å². The number of hydrogen-bond acceptors (Lipinski definition) is 4. The molecule has 0 aliphatic carbocycles. The fourth-order valence-corrected chi connectivity index (χ4v) is 2.01. The van der Waals surface area contributed by atoms with Crippen molar-refractivity contribution >= 4 is 11.9 Å². The summed E-state index contributed by atoms with van der Waals surface area (Å²) in [5.74, 6) is -0.959. The first kappa shape index (κ1) is 16.5. The standard InChI is InChI=1S/C18H19NO4/c1-13-6-8-14(9-7-13)11-19(2)17(21)12-23-18(22)15-4-3-5-16(20)10-15/h3-10,20H,11-12H2,1-2H3. The number of ether oxygens (including phenoxy) is 1. The lowest BCUT2D eigenvalue weighted by Crippen LogP contribution is -2.30. The molecule has 0 bridgehead atoms. The van der Waals surface area contributed by atoms with Gasteiger partial charge in [0, 0.05) is 13.6 Å². The highest BCUT2D eigenvalue weighted by Gasteiger charge is 2.14. The summed E-state index contributed by atoms with van der Waals surface area (Å²) in [6.07, 6.45) is 0. The predicted octanol–water partition coefficient (Wildman–Crippen LogP) is 2.52. The number of aromatic hydroxyl groups is 1. The van der Waals surface area contributed by atoms with Crippen molar-refractivity contribution in [2.24, 2.45) is 0 Å². The number of rotatable bonds is 5. The van der Waals surface area contributed by atoms with Crippen LogP contribution in [0, 0.1) is 6.92 Å². The van der Waals surface area contributed by atoms with E-state index in [1.165, 1.54) is 29.2 Å². The minimum atomic E-state index is -0.641. The Morgan fingerprint density at radius 2 is 1.83 bits per heavy atom. The van der Waals surface area contributed by atoms with Crippen LogP contribution >= 0.6 is 0 Å². The molecule has 2 aromatic carbocycles. The molecule has 5 nitrogen and oxygen atoms in total. The molecule has 1 amide bonds. The second kappa shape index (κ2) is 7.45. The van der Waals surface area contributed by atoms with Gasteiger partial charge >= 0.3 is 5.97 Å². The van der Waals surface area contributed by atoms with E-state index in [0.717, 1.165) is 11.1 Å². The van der Waals surface area contributed by atoms with Crippen molar-refractivity contribution in [3.63, 3.8) is 0 Å². The lowest BCUT2D eigenvalue weighted by atomic mass is 10.1. The van der Waals surface area contributed by atoms with E-state index in [1.807, 2.05) is 31.2 Å². The SMILES string of the molecule is Cc1ccc(CN(C)C(=O)COC(=O)c2cccc(O)c2)cc1. The Morgan fingerprint density at radius 1 is 1.13 bits per heavy atom. The van der Waals surface area contributed by atoms with Crippen LogP contribution in [0.15, 0.2) is 48.5 Å². The molecule has 0 unspecified atom stereocenters. The first-order valence-corrected chi connectivity index (χ1v) is 7.21. The van der Waals surface area contributed by atoms with E-state index in [1.54, 1.807) is 7.05 Å². The number of aryl methyl sites for hydroxylation is 1. The molecule has 0 atom stereocenters. The van der Waals surface area contributed by atoms with Crippen molar-refractivity contribution in [3.05, 3.63) is 65.2 Å². The first-order valence-electron chi connectivity index (χ1n) is 7.21. The second-order valence-electron chi connectivity index (χ2n) is 5.36. The van der Waals surface area contributed by atoms with E-state index in [0.29, 0.717) is 6.54 Å². The molecule has 0 aliphatic rings. The van der Waals surface area contributed by atoms with Gasteiger partial charge in [-0.25, -0.2) is 4.79 Å². The normalized spacial score (nSPS) is 10.2. The summed E-state index contributed by atoms with van der Waals surface area (Å²) in [5, 5.41) is 9.33. The number of likely N-dealkylation sites (N-methyl/N-ethyl adjacent to an activating group) is 1. The number of carbonyl (C=O) groups is 2. The van der Waals surface area contributed by atoms with Gasteiger partial charge in [0.2, 0.25) is 0 Å². The molecular weight excluding hydrogens is 294 g/mol. The maximum atomic E-state index is 12.0. The van der Waals surface area contributed by atoms with Crippen molar-refractivity contribution < 1.29 is 19.4 Å². The summed E-state index contributed by atoms with van der Waals surface area (Å²) in [7, 11) is 1.66. The van der Waals surface area contributed by atoms with Crippen molar-refractivity contribution in [3.8, 4) is 5.75 Å². The molecule has 5 heteroatoms. The number of phenolic OH excluding ortho intramolecular Hbond substituents is 1.